The van der Waals surface area contributed by atoms with Gasteiger partial charge in [0.2, 0.25) is 0 Å². The van der Waals surface area contributed by atoms with E-state index in [0.29, 0.717) is 22.0 Å². The van der Waals surface area contributed by atoms with E-state index < -0.39 is 0 Å². The molecule has 0 aliphatic heterocycles. The van der Waals surface area contributed by atoms with Gasteiger partial charge >= 0.3 is 0 Å². The average molecular weight is 330 g/mol. The van der Waals surface area contributed by atoms with E-state index in [1.54, 1.807) is 18.2 Å². The first kappa shape index (κ1) is 15.6. The van der Waals surface area contributed by atoms with Crippen LogP contribution in [0.4, 0.5) is 4.39 Å². The normalized spacial score (nSPS) is 12.4. The van der Waals surface area contributed by atoms with Gasteiger partial charge in [-0.3, -0.25) is 0 Å². The van der Waals surface area contributed by atoms with Crippen molar-refractivity contribution in [2.75, 3.05) is 0 Å². The molecule has 1 unspecified atom stereocenters. The van der Waals surface area contributed by atoms with Crippen molar-refractivity contribution in [2.45, 2.75) is 29.2 Å². The highest BCUT2D eigenvalue weighted by Gasteiger charge is 2.12. The van der Waals surface area contributed by atoms with E-state index in [9.17, 15) is 4.39 Å². The van der Waals surface area contributed by atoms with Gasteiger partial charge in [-0.1, -0.05) is 41.0 Å². The zero-order valence-corrected chi connectivity index (χ0v) is 13.2. The molecule has 5 heteroatoms. The van der Waals surface area contributed by atoms with Gasteiger partial charge in [0, 0.05) is 21.4 Å². The predicted octanol–water partition coefficient (Wildman–Crippen LogP) is 5.17. The Labute approximate surface area is 132 Å². The third kappa shape index (κ3) is 3.89. The summed E-state index contributed by atoms with van der Waals surface area (Å²) in [4.78, 5) is 1.76. The quantitative estimate of drug-likeness (QED) is 0.836. The molecule has 0 aliphatic rings. The first-order valence-corrected chi connectivity index (χ1v) is 7.70. The fourth-order valence-electron chi connectivity index (χ4n) is 1.82. The molecule has 0 heterocycles. The Bertz CT molecular complexity index is 617. The van der Waals surface area contributed by atoms with Gasteiger partial charge in [0.15, 0.2) is 0 Å². The summed E-state index contributed by atoms with van der Waals surface area (Å²) >= 11 is 13.3. The van der Waals surface area contributed by atoms with Crippen molar-refractivity contribution in [1.82, 2.24) is 0 Å². The van der Waals surface area contributed by atoms with E-state index in [1.807, 2.05) is 19.1 Å². The number of hydrogen-bond donors (Lipinski definition) is 1. The molecular weight excluding hydrogens is 316 g/mol. The van der Waals surface area contributed by atoms with Crippen LogP contribution in [0.1, 0.15) is 12.5 Å². The second kappa shape index (κ2) is 6.81. The molecule has 0 fully saturated rings. The molecule has 106 valence electrons. The minimum Gasteiger partial charge on any atom is -0.328 e. The molecule has 2 aromatic rings. The molecule has 0 aliphatic carbocycles. The van der Waals surface area contributed by atoms with E-state index in [0.717, 1.165) is 9.79 Å². The Morgan fingerprint density at radius 3 is 2.60 bits per heavy atom. The second-order valence-corrected chi connectivity index (χ2v) is 6.51. The fourth-order valence-corrected chi connectivity index (χ4v) is 3.20. The molecular formula is C15H14Cl2FNS. The van der Waals surface area contributed by atoms with Crippen LogP contribution in [-0.2, 0) is 6.42 Å². The lowest BCUT2D eigenvalue weighted by molar-refractivity contribution is 0.588. The molecule has 0 saturated heterocycles. The third-order valence-corrected chi connectivity index (χ3v) is 4.55. The van der Waals surface area contributed by atoms with E-state index in [-0.39, 0.29) is 11.9 Å². The van der Waals surface area contributed by atoms with Crippen molar-refractivity contribution in [3.05, 3.63) is 57.8 Å². The van der Waals surface area contributed by atoms with Gasteiger partial charge in [-0.25, -0.2) is 4.39 Å². The summed E-state index contributed by atoms with van der Waals surface area (Å²) in [6.07, 6.45) is 0.496. The van der Waals surface area contributed by atoms with Gasteiger partial charge in [0.1, 0.15) is 5.82 Å². The Balaban J connectivity index is 2.32. The topological polar surface area (TPSA) is 26.0 Å². The monoisotopic (exact) mass is 329 g/mol. The van der Waals surface area contributed by atoms with E-state index in [1.165, 1.54) is 17.8 Å². The number of halogens is 3. The van der Waals surface area contributed by atoms with Crippen molar-refractivity contribution in [3.63, 3.8) is 0 Å². The Hall–Kier alpha value is -0.740. The number of rotatable bonds is 4. The molecule has 0 saturated carbocycles. The van der Waals surface area contributed by atoms with Crippen molar-refractivity contribution in [3.8, 4) is 0 Å². The van der Waals surface area contributed by atoms with E-state index in [2.05, 4.69) is 0 Å². The van der Waals surface area contributed by atoms with E-state index in [4.69, 9.17) is 28.9 Å². The number of benzene rings is 2. The van der Waals surface area contributed by atoms with Gasteiger partial charge in [-0.05, 0) is 43.7 Å². The minimum atomic E-state index is -0.229. The molecule has 2 rings (SSSR count). The highest BCUT2D eigenvalue weighted by atomic mass is 35.5. The summed E-state index contributed by atoms with van der Waals surface area (Å²) in [6.45, 7) is 1.86. The zero-order chi connectivity index (χ0) is 14.7. The molecule has 2 aromatic carbocycles. The van der Waals surface area contributed by atoms with Crippen LogP contribution in [0.2, 0.25) is 10.0 Å². The highest BCUT2D eigenvalue weighted by molar-refractivity contribution is 7.99. The fraction of sp³-hybridized carbons (Fsp3) is 0.200. The zero-order valence-electron chi connectivity index (χ0n) is 10.9. The molecule has 0 radical (unpaired) electrons. The van der Waals surface area contributed by atoms with Gasteiger partial charge in [-0.2, -0.15) is 0 Å². The first-order chi connectivity index (χ1) is 9.47. The Morgan fingerprint density at radius 2 is 1.95 bits per heavy atom. The van der Waals surface area contributed by atoms with Gasteiger partial charge in [0.25, 0.3) is 0 Å². The van der Waals surface area contributed by atoms with Crippen LogP contribution < -0.4 is 5.73 Å². The lowest BCUT2D eigenvalue weighted by Gasteiger charge is -2.12. The smallest absolute Gasteiger partial charge is 0.127 e. The summed E-state index contributed by atoms with van der Waals surface area (Å²) in [5, 5.41) is 0.993. The van der Waals surface area contributed by atoms with Crippen LogP contribution in [0.5, 0.6) is 0 Å². The minimum absolute atomic E-state index is 0.0972. The maximum atomic E-state index is 13.9. The molecule has 0 bridgehead atoms. The van der Waals surface area contributed by atoms with Crippen LogP contribution >= 0.6 is 35.0 Å². The van der Waals surface area contributed by atoms with Crippen LogP contribution in [0.25, 0.3) is 0 Å². The van der Waals surface area contributed by atoms with Crippen molar-refractivity contribution >= 4 is 35.0 Å². The van der Waals surface area contributed by atoms with Gasteiger partial charge in [0.05, 0.1) is 10.0 Å². The lowest BCUT2D eigenvalue weighted by Crippen LogP contribution is -2.19. The van der Waals surface area contributed by atoms with Gasteiger partial charge in [-0.15, -0.1) is 0 Å². The molecule has 0 amide bonds. The SMILES string of the molecule is CC(N)Cc1c(F)cccc1Sc1ccc(Cl)c(Cl)c1. The number of hydrogen-bond acceptors (Lipinski definition) is 2. The standard InChI is InChI=1S/C15H14Cl2FNS/c1-9(19)7-11-14(18)3-2-4-15(11)20-10-5-6-12(16)13(17)8-10/h2-6,8-9H,7,19H2,1H3. The summed E-state index contributed by atoms with van der Waals surface area (Å²) < 4.78 is 13.9. The van der Waals surface area contributed by atoms with E-state index >= 15 is 0 Å². The summed E-state index contributed by atoms with van der Waals surface area (Å²) in [5.74, 6) is -0.229. The maximum Gasteiger partial charge on any atom is 0.127 e. The molecule has 0 aromatic heterocycles. The summed E-state index contributed by atoms with van der Waals surface area (Å²) in [6, 6.07) is 10.3. The number of nitrogens with two attached hydrogens (primary N) is 1. The largest absolute Gasteiger partial charge is 0.328 e. The second-order valence-electron chi connectivity index (χ2n) is 4.58. The predicted molar refractivity (Wildman–Crippen MR) is 84.3 cm³/mol. The average Bonchev–Trinajstić information content (AvgIpc) is 2.38. The van der Waals surface area contributed by atoms with Crippen LogP contribution in [0, 0.1) is 5.82 Å². The van der Waals surface area contributed by atoms with Gasteiger partial charge < -0.3 is 5.73 Å². The lowest BCUT2D eigenvalue weighted by atomic mass is 10.1. The molecule has 2 N–H and O–H groups in total. The molecule has 1 nitrogen and oxygen atoms in total. The van der Waals surface area contributed by atoms with Crippen LogP contribution in [0.15, 0.2) is 46.2 Å². The molecule has 1 atom stereocenters. The summed E-state index contributed by atoms with van der Waals surface area (Å²) in [5.41, 5.74) is 6.42. The third-order valence-electron chi connectivity index (χ3n) is 2.72. The van der Waals surface area contributed by atoms with Crippen LogP contribution in [0.3, 0.4) is 0 Å². The Kier molecular flexibility index (Phi) is 5.33. The molecule has 20 heavy (non-hydrogen) atoms. The van der Waals surface area contributed by atoms with Crippen molar-refractivity contribution in [2.24, 2.45) is 5.73 Å². The maximum absolute atomic E-state index is 13.9. The molecule has 0 spiro atoms. The summed E-state index contributed by atoms with van der Waals surface area (Å²) in [7, 11) is 0. The van der Waals surface area contributed by atoms with Crippen molar-refractivity contribution < 1.29 is 4.39 Å². The Morgan fingerprint density at radius 1 is 1.20 bits per heavy atom. The first-order valence-electron chi connectivity index (χ1n) is 6.13. The highest BCUT2D eigenvalue weighted by Crippen LogP contribution is 2.35. The van der Waals surface area contributed by atoms with Crippen LogP contribution in [-0.4, -0.2) is 6.04 Å². The van der Waals surface area contributed by atoms with Crippen molar-refractivity contribution in [1.29, 1.82) is 0 Å².